The third-order valence-corrected chi connectivity index (χ3v) is 5.39. The maximum absolute atomic E-state index is 13.3. The van der Waals surface area contributed by atoms with Crippen LogP contribution in [0, 0.1) is 5.82 Å². The highest BCUT2D eigenvalue weighted by Gasteiger charge is 2.31. The van der Waals surface area contributed by atoms with Crippen molar-refractivity contribution in [2.75, 3.05) is 40.3 Å². The molecule has 0 aliphatic carbocycles. The number of para-hydroxylation sites is 1. The predicted molar refractivity (Wildman–Crippen MR) is 114 cm³/mol. The van der Waals surface area contributed by atoms with Gasteiger partial charge in [-0.25, -0.2) is 9.07 Å². The van der Waals surface area contributed by atoms with Crippen molar-refractivity contribution in [3.05, 3.63) is 71.3 Å². The number of ether oxygens (including phenoxy) is 1. The number of aromatic nitrogens is 4. The van der Waals surface area contributed by atoms with E-state index in [1.54, 1.807) is 23.9 Å². The molecule has 3 aromatic rings. The van der Waals surface area contributed by atoms with Crippen LogP contribution in [0.25, 0.3) is 0 Å². The van der Waals surface area contributed by atoms with Crippen molar-refractivity contribution in [3.63, 3.8) is 0 Å². The van der Waals surface area contributed by atoms with Crippen LogP contribution in [0.2, 0.25) is 0 Å². The lowest BCUT2D eigenvalue weighted by atomic mass is 10.0. The minimum Gasteiger partial charge on any atom is -0.496 e. The van der Waals surface area contributed by atoms with Gasteiger partial charge in [0.25, 0.3) is 0 Å². The van der Waals surface area contributed by atoms with Gasteiger partial charge in [0.05, 0.1) is 13.7 Å². The van der Waals surface area contributed by atoms with Gasteiger partial charge in [-0.1, -0.05) is 30.3 Å². The Balaban J connectivity index is 0.00000256. The molecule has 0 saturated carbocycles. The Hall–Kier alpha value is -2.55. The summed E-state index contributed by atoms with van der Waals surface area (Å²) in [5.41, 5.74) is 1.98. The highest BCUT2D eigenvalue weighted by atomic mass is 35.5. The molecule has 7 nitrogen and oxygen atoms in total. The minimum atomic E-state index is -0.255. The van der Waals surface area contributed by atoms with Gasteiger partial charge in [-0.15, -0.1) is 17.5 Å². The Morgan fingerprint density at radius 2 is 1.73 bits per heavy atom. The molecule has 1 unspecified atom stereocenters. The molecule has 1 fully saturated rings. The number of tetrazole rings is 1. The summed E-state index contributed by atoms with van der Waals surface area (Å²) in [4.78, 5) is 4.71. The van der Waals surface area contributed by atoms with Crippen molar-refractivity contribution in [1.29, 1.82) is 0 Å². The van der Waals surface area contributed by atoms with Gasteiger partial charge in [-0.05, 0) is 41.2 Å². The average Bonchev–Trinajstić information content (AvgIpc) is 3.19. The SMILES string of the molecule is COc1ccccc1C(c1nnnn1Cc1ccc(F)cc1)N1CCN(C)CC1.Cl. The second kappa shape index (κ2) is 9.97. The second-order valence-electron chi connectivity index (χ2n) is 7.30. The van der Waals surface area contributed by atoms with Gasteiger partial charge >= 0.3 is 0 Å². The summed E-state index contributed by atoms with van der Waals surface area (Å²) in [5, 5.41) is 12.6. The predicted octanol–water partition coefficient (Wildman–Crippen LogP) is 2.63. The standard InChI is InChI=1S/C21H25FN6O.ClH/c1-26-11-13-27(14-12-26)20(18-5-3-4-6-19(18)29-2)21-23-24-25-28(21)15-16-7-9-17(22)10-8-16;/h3-10,20H,11-15H2,1-2H3;1H. The first-order valence-electron chi connectivity index (χ1n) is 9.71. The van der Waals surface area contributed by atoms with Crippen LogP contribution < -0.4 is 4.74 Å². The van der Waals surface area contributed by atoms with Crippen LogP contribution in [0.1, 0.15) is 23.0 Å². The zero-order valence-corrected chi connectivity index (χ0v) is 17.9. The molecule has 0 amide bonds. The van der Waals surface area contributed by atoms with Crippen molar-refractivity contribution in [3.8, 4) is 5.75 Å². The van der Waals surface area contributed by atoms with Gasteiger partial charge in [0.2, 0.25) is 0 Å². The van der Waals surface area contributed by atoms with Crippen molar-refractivity contribution in [2.45, 2.75) is 12.6 Å². The first kappa shape index (κ1) is 22.1. The van der Waals surface area contributed by atoms with Crippen molar-refractivity contribution >= 4 is 12.4 Å². The van der Waals surface area contributed by atoms with E-state index in [-0.39, 0.29) is 24.3 Å². The number of methoxy groups -OCH3 is 1. The Morgan fingerprint density at radius 1 is 1.03 bits per heavy atom. The molecule has 1 saturated heterocycles. The highest BCUT2D eigenvalue weighted by molar-refractivity contribution is 5.85. The normalized spacial score (nSPS) is 16.1. The van der Waals surface area contributed by atoms with Crippen LogP contribution >= 0.6 is 12.4 Å². The van der Waals surface area contributed by atoms with Gasteiger partial charge in [0.15, 0.2) is 5.82 Å². The molecule has 1 aliphatic heterocycles. The summed E-state index contributed by atoms with van der Waals surface area (Å²) in [6.07, 6.45) is 0. The maximum atomic E-state index is 13.3. The fraction of sp³-hybridized carbons (Fsp3) is 0.381. The van der Waals surface area contributed by atoms with Gasteiger partial charge in [0, 0.05) is 31.7 Å². The average molecular weight is 433 g/mol. The zero-order valence-electron chi connectivity index (χ0n) is 17.1. The molecule has 0 radical (unpaired) electrons. The molecule has 0 N–H and O–H groups in total. The number of rotatable bonds is 6. The molecule has 9 heteroatoms. The van der Waals surface area contributed by atoms with E-state index in [2.05, 4.69) is 38.4 Å². The van der Waals surface area contributed by atoms with Crippen LogP contribution in [-0.2, 0) is 6.54 Å². The largest absolute Gasteiger partial charge is 0.496 e. The summed E-state index contributed by atoms with van der Waals surface area (Å²) in [6.45, 7) is 4.24. The number of piperazine rings is 1. The number of likely N-dealkylation sites (N-methyl/N-ethyl adjacent to an activating group) is 1. The summed E-state index contributed by atoms with van der Waals surface area (Å²) in [6, 6.07) is 14.3. The number of benzene rings is 2. The van der Waals surface area contributed by atoms with E-state index in [1.807, 2.05) is 18.2 Å². The second-order valence-corrected chi connectivity index (χ2v) is 7.30. The summed E-state index contributed by atoms with van der Waals surface area (Å²) < 4.78 is 20.7. The van der Waals surface area contributed by atoms with Crippen LogP contribution in [0.15, 0.2) is 48.5 Å². The molecule has 2 heterocycles. The molecule has 1 atom stereocenters. The quantitative estimate of drug-likeness (QED) is 0.596. The Kier molecular flexibility index (Phi) is 7.36. The first-order valence-corrected chi connectivity index (χ1v) is 9.71. The molecule has 0 bridgehead atoms. The fourth-order valence-corrected chi connectivity index (χ4v) is 3.75. The number of halogens is 2. The number of nitrogens with zero attached hydrogens (tertiary/aromatic N) is 6. The van der Waals surface area contributed by atoms with Crippen molar-refractivity contribution < 1.29 is 9.13 Å². The lowest BCUT2D eigenvalue weighted by molar-refractivity contribution is 0.120. The van der Waals surface area contributed by atoms with Crippen LogP contribution in [-0.4, -0.2) is 70.3 Å². The van der Waals surface area contributed by atoms with Crippen molar-refractivity contribution in [1.82, 2.24) is 30.0 Å². The smallest absolute Gasteiger partial charge is 0.173 e. The van der Waals surface area contributed by atoms with Crippen LogP contribution in [0.5, 0.6) is 5.75 Å². The number of hydrogen-bond acceptors (Lipinski definition) is 6. The molecule has 30 heavy (non-hydrogen) atoms. The zero-order chi connectivity index (χ0) is 20.2. The molecule has 1 aliphatic rings. The van der Waals surface area contributed by atoms with E-state index in [4.69, 9.17) is 4.74 Å². The third-order valence-electron chi connectivity index (χ3n) is 5.39. The van der Waals surface area contributed by atoms with Gasteiger partial charge in [-0.3, -0.25) is 4.90 Å². The third kappa shape index (κ3) is 4.77. The van der Waals surface area contributed by atoms with E-state index in [0.717, 1.165) is 48.9 Å². The topological polar surface area (TPSA) is 59.3 Å². The Labute approximate surface area is 181 Å². The summed E-state index contributed by atoms with van der Waals surface area (Å²) in [7, 11) is 3.81. The van der Waals surface area contributed by atoms with Gasteiger partial charge in [-0.2, -0.15) is 0 Å². The summed E-state index contributed by atoms with van der Waals surface area (Å²) >= 11 is 0. The lowest BCUT2D eigenvalue weighted by Gasteiger charge is -2.37. The molecule has 4 rings (SSSR count). The fourth-order valence-electron chi connectivity index (χ4n) is 3.75. The van der Waals surface area contributed by atoms with E-state index in [0.29, 0.717) is 6.54 Å². The molecule has 160 valence electrons. The monoisotopic (exact) mass is 432 g/mol. The van der Waals surface area contributed by atoms with Crippen LogP contribution in [0.3, 0.4) is 0 Å². The van der Waals surface area contributed by atoms with E-state index in [1.165, 1.54) is 12.1 Å². The Bertz CT molecular complexity index is 943. The van der Waals surface area contributed by atoms with E-state index < -0.39 is 0 Å². The molecule has 2 aromatic carbocycles. The van der Waals surface area contributed by atoms with Crippen molar-refractivity contribution in [2.24, 2.45) is 0 Å². The molecular weight excluding hydrogens is 407 g/mol. The number of hydrogen-bond donors (Lipinski definition) is 0. The minimum absolute atomic E-state index is 0. The highest BCUT2D eigenvalue weighted by Crippen LogP contribution is 2.34. The van der Waals surface area contributed by atoms with E-state index in [9.17, 15) is 4.39 Å². The first-order chi connectivity index (χ1) is 14.2. The molecular formula is C21H26ClFN6O. The van der Waals surface area contributed by atoms with E-state index >= 15 is 0 Å². The lowest BCUT2D eigenvalue weighted by Crippen LogP contribution is -2.46. The van der Waals surface area contributed by atoms with Gasteiger partial charge in [0.1, 0.15) is 17.6 Å². The Morgan fingerprint density at radius 3 is 2.43 bits per heavy atom. The molecule has 1 aromatic heterocycles. The molecule has 0 spiro atoms. The maximum Gasteiger partial charge on any atom is 0.173 e. The van der Waals surface area contributed by atoms with Crippen LogP contribution in [0.4, 0.5) is 4.39 Å². The van der Waals surface area contributed by atoms with Gasteiger partial charge < -0.3 is 9.64 Å². The summed E-state index contributed by atoms with van der Waals surface area (Å²) in [5.74, 6) is 1.31.